The molecule has 0 radical (unpaired) electrons. The van der Waals surface area contributed by atoms with Gasteiger partial charge in [-0.1, -0.05) is 249 Å². The molecule has 654 valence electrons. The first-order valence-corrected chi connectivity index (χ1v) is 46.3. The van der Waals surface area contributed by atoms with E-state index in [-0.39, 0.29) is 0 Å². The zero-order valence-electron chi connectivity index (χ0n) is 75.3. The highest BCUT2D eigenvalue weighted by atomic mass is 15.3. The fourth-order valence-corrected chi connectivity index (χ4v) is 20.1. The standard InChI is InChI=1S/2C43H27N5.C39H25N5/c44-27-29-15-21-35(22-16-29)47(33-10-3-1-4-11-33)39-25-19-30-18-24-37-40(26-20-31-17-23-36(39)41(30)42(31)37)48(34-12-5-2-6-13-34)43-45-28-32-9-7-8-14-38(32)46-43;44-27-29-15-21-34(22-16-29)47(32-9-3-1-4-10-32)39-25-19-30-18-24-37-40(26-20-31-17-23-36(39)41(30)42(31)37)48(33-11-5-2-6-12-33)43-35-13-7-8-14-38(35)45-28-46-43;40-25-27-11-17-32(18-12-27)43(30-7-3-1-4-8-30)35-21-15-28-14-20-34-36(22-16-29-13-19-33(35)38(28)39(29)34)44(31-9-5-2-6-10-31)37-23-24-41-26-42-37/h2*1-26,28H;1-24,26H. The van der Waals surface area contributed by atoms with Crippen LogP contribution in [0, 0.1) is 34.0 Å². The van der Waals surface area contributed by atoms with Crippen molar-refractivity contribution in [3.05, 3.63) is 497 Å². The van der Waals surface area contributed by atoms with Crippen LogP contribution in [0.15, 0.2) is 480 Å². The number of fused-ring (bicyclic) bond motifs is 2. The molecule has 26 rings (SSSR count). The molecule has 0 aliphatic heterocycles. The molecule has 3 heterocycles. The fraction of sp³-hybridized carbons (Fsp3) is 0. The number of para-hydroxylation sites is 8. The van der Waals surface area contributed by atoms with Crippen molar-refractivity contribution >= 4 is 222 Å². The van der Waals surface area contributed by atoms with Gasteiger partial charge in [0.25, 0.3) is 0 Å². The highest BCUT2D eigenvalue weighted by Crippen LogP contribution is 2.53. The molecule has 15 heteroatoms. The minimum Gasteiger partial charge on any atom is -0.310 e. The maximum absolute atomic E-state index is 9.48. The molecule has 0 unspecified atom stereocenters. The number of hydrogen-bond donors (Lipinski definition) is 0. The largest absolute Gasteiger partial charge is 0.310 e. The van der Waals surface area contributed by atoms with Gasteiger partial charge in [-0.05, 0) is 271 Å². The van der Waals surface area contributed by atoms with Gasteiger partial charge in [0.2, 0.25) is 5.95 Å². The van der Waals surface area contributed by atoms with Gasteiger partial charge in [-0.15, -0.1) is 0 Å². The fourth-order valence-electron chi connectivity index (χ4n) is 20.1. The summed E-state index contributed by atoms with van der Waals surface area (Å²) in [7, 11) is 0. The molecule has 0 saturated carbocycles. The molecule has 0 bridgehead atoms. The van der Waals surface area contributed by atoms with E-state index in [1.54, 1.807) is 18.9 Å². The minimum absolute atomic E-state index is 0.617. The Morgan fingerprint density at radius 2 is 0.479 bits per heavy atom. The van der Waals surface area contributed by atoms with Gasteiger partial charge in [-0.3, -0.25) is 14.7 Å². The third kappa shape index (κ3) is 15.0. The van der Waals surface area contributed by atoms with Crippen molar-refractivity contribution in [2.45, 2.75) is 0 Å². The summed E-state index contributed by atoms with van der Waals surface area (Å²) in [5, 5.41) is 51.5. The molecule has 23 aromatic carbocycles. The second-order valence-corrected chi connectivity index (χ2v) is 34.3. The molecular formula is C125H79N15. The van der Waals surface area contributed by atoms with Crippen molar-refractivity contribution in [2.24, 2.45) is 0 Å². The van der Waals surface area contributed by atoms with Crippen LogP contribution in [0.25, 0.3) is 119 Å². The third-order valence-electron chi connectivity index (χ3n) is 26.4. The third-order valence-corrected chi connectivity index (χ3v) is 26.4. The van der Waals surface area contributed by atoms with Crippen molar-refractivity contribution in [3.63, 3.8) is 0 Å². The van der Waals surface area contributed by atoms with Crippen LogP contribution in [0.1, 0.15) is 16.7 Å². The van der Waals surface area contributed by atoms with Gasteiger partial charge in [-0.2, -0.15) is 15.8 Å². The Balaban J connectivity index is 0.000000114. The van der Waals surface area contributed by atoms with Gasteiger partial charge in [0.05, 0.1) is 80.1 Å². The molecule has 15 nitrogen and oxygen atoms in total. The Bertz CT molecular complexity index is 9190. The predicted octanol–water partition coefficient (Wildman–Crippen LogP) is 32.9. The summed E-state index contributed by atoms with van der Waals surface area (Å²) < 4.78 is 0. The number of nitrogens with zero attached hydrogens (tertiary/aromatic N) is 15. The predicted molar refractivity (Wildman–Crippen MR) is 574 cm³/mol. The van der Waals surface area contributed by atoms with E-state index < -0.39 is 0 Å². The van der Waals surface area contributed by atoms with Crippen molar-refractivity contribution in [2.75, 3.05) is 29.4 Å². The Kier molecular flexibility index (Phi) is 21.4. The quantitative estimate of drug-likeness (QED) is 0.0744. The molecule has 0 atom stereocenters. The van der Waals surface area contributed by atoms with E-state index in [4.69, 9.17) is 15.0 Å². The molecule has 3 aromatic heterocycles. The van der Waals surface area contributed by atoms with Crippen LogP contribution in [-0.4, -0.2) is 29.9 Å². The Labute approximate surface area is 806 Å². The molecule has 0 saturated heterocycles. The number of nitriles is 3. The zero-order valence-corrected chi connectivity index (χ0v) is 75.3. The summed E-state index contributed by atoms with van der Waals surface area (Å²) >= 11 is 0. The van der Waals surface area contributed by atoms with Gasteiger partial charge in [0, 0.05) is 107 Å². The highest BCUT2D eigenvalue weighted by Gasteiger charge is 2.29. The Hall–Kier alpha value is -19.8. The summed E-state index contributed by atoms with van der Waals surface area (Å²) in [5.74, 6) is 2.25. The van der Waals surface area contributed by atoms with Gasteiger partial charge >= 0.3 is 0 Å². The minimum atomic E-state index is 0.617. The molecule has 140 heavy (non-hydrogen) atoms. The van der Waals surface area contributed by atoms with E-state index in [0.717, 1.165) is 151 Å². The van der Waals surface area contributed by atoms with Crippen molar-refractivity contribution in [1.82, 2.24) is 29.9 Å². The highest BCUT2D eigenvalue weighted by molar-refractivity contribution is 6.31. The van der Waals surface area contributed by atoms with Crippen LogP contribution in [0.2, 0.25) is 0 Å². The SMILES string of the molecule is N#Cc1ccc(N(c2ccccc2)c2ccc3ccc4c(N(c5ccccc5)c5ccncn5)ccc5ccc2c3c54)cc1.N#Cc1ccc(N(c2ccccc2)c2ccc3ccc4c(N(c5ccccc5)c5ncc6ccccc6n5)ccc5ccc2c3c54)cc1.N#Cc1ccc(N(c2ccccc2)c2ccc3ccc4c(N(c5ccccc5)c5ncnc6ccccc56)ccc5ccc2c3c54)cc1. The second-order valence-electron chi connectivity index (χ2n) is 34.3. The second kappa shape index (κ2) is 36.0. The summed E-state index contributed by atoms with van der Waals surface area (Å²) in [6.45, 7) is 0. The van der Waals surface area contributed by atoms with E-state index in [0.29, 0.717) is 22.6 Å². The Morgan fingerprint density at radius 1 is 0.193 bits per heavy atom. The van der Waals surface area contributed by atoms with E-state index in [9.17, 15) is 15.8 Å². The monoisotopic (exact) mass is 1790 g/mol. The van der Waals surface area contributed by atoms with E-state index >= 15 is 0 Å². The van der Waals surface area contributed by atoms with Crippen LogP contribution in [0.3, 0.4) is 0 Å². The van der Waals surface area contributed by atoms with Crippen LogP contribution >= 0.6 is 0 Å². The molecule has 0 fully saturated rings. The molecule has 0 amide bonds. The van der Waals surface area contributed by atoms with Crippen LogP contribution < -0.4 is 29.4 Å². The number of hydrogen-bond acceptors (Lipinski definition) is 15. The molecule has 0 N–H and O–H groups in total. The lowest BCUT2D eigenvalue weighted by Crippen LogP contribution is -2.14. The molecular weight excluding hydrogens is 1710 g/mol. The van der Waals surface area contributed by atoms with Gasteiger partial charge in [-0.25, -0.2) is 29.9 Å². The number of anilines is 18. The first-order chi connectivity index (χ1) is 69.3. The van der Waals surface area contributed by atoms with Gasteiger partial charge in [0.15, 0.2) is 0 Å². The van der Waals surface area contributed by atoms with E-state index in [1.807, 2.05) is 188 Å². The lowest BCUT2D eigenvalue weighted by molar-refractivity contribution is 1.11. The lowest BCUT2D eigenvalue weighted by atomic mass is 9.91. The molecule has 26 aromatic rings. The maximum Gasteiger partial charge on any atom is 0.235 e. The number of benzene rings is 23. The molecule has 0 spiro atoms. The summed E-state index contributed by atoms with van der Waals surface area (Å²) in [6.07, 6.45) is 6.92. The van der Waals surface area contributed by atoms with Crippen molar-refractivity contribution in [1.29, 1.82) is 15.8 Å². The first-order valence-electron chi connectivity index (χ1n) is 46.3. The summed E-state index contributed by atoms with van der Waals surface area (Å²) in [5.41, 5.74) is 19.1. The smallest absolute Gasteiger partial charge is 0.235 e. The molecule has 0 aliphatic rings. The van der Waals surface area contributed by atoms with Crippen LogP contribution in [-0.2, 0) is 0 Å². The number of aromatic nitrogens is 6. The summed E-state index contributed by atoms with van der Waals surface area (Å²) in [4.78, 5) is 41.6. The zero-order chi connectivity index (χ0) is 93.5. The normalized spacial score (nSPS) is 11.3. The van der Waals surface area contributed by atoms with Gasteiger partial charge < -0.3 is 14.7 Å². The average molecular weight is 1790 g/mol. The number of rotatable bonds is 18. The van der Waals surface area contributed by atoms with Crippen LogP contribution in [0.5, 0.6) is 0 Å². The summed E-state index contributed by atoms with van der Waals surface area (Å²) in [6, 6.07) is 164. The van der Waals surface area contributed by atoms with Crippen LogP contribution in [0.4, 0.5) is 103 Å². The topological polar surface area (TPSA) is 168 Å². The Morgan fingerprint density at radius 3 is 0.829 bits per heavy atom. The van der Waals surface area contributed by atoms with E-state index in [2.05, 4.69) is 336 Å². The first kappa shape index (κ1) is 83.3. The average Bonchev–Trinajstić information content (AvgIpc) is 0.722. The maximum atomic E-state index is 9.48. The van der Waals surface area contributed by atoms with Gasteiger partial charge in [0.1, 0.15) is 24.3 Å². The van der Waals surface area contributed by atoms with Crippen molar-refractivity contribution < 1.29 is 0 Å². The van der Waals surface area contributed by atoms with Crippen molar-refractivity contribution in [3.8, 4) is 18.2 Å². The van der Waals surface area contributed by atoms with E-state index in [1.165, 1.54) is 64.6 Å². The molecule has 0 aliphatic carbocycles. The lowest BCUT2D eigenvalue weighted by Gasteiger charge is -2.29.